The van der Waals surface area contributed by atoms with Crippen LogP contribution in [0.4, 0.5) is 23.2 Å². The minimum absolute atomic E-state index is 0.0775. The molecule has 0 aliphatic heterocycles. The summed E-state index contributed by atoms with van der Waals surface area (Å²) >= 11 is 5.65. The van der Waals surface area contributed by atoms with Gasteiger partial charge >= 0.3 is 6.18 Å². The van der Waals surface area contributed by atoms with Crippen LogP contribution in [0.1, 0.15) is 5.56 Å². The SMILES string of the molecule is Nc1cnnc(-c2cc(Cl)ccc2F)c1C(F)(F)F. The van der Waals surface area contributed by atoms with E-state index >= 15 is 0 Å². The van der Waals surface area contributed by atoms with E-state index in [9.17, 15) is 17.6 Å². The molecule has 8 heteroatoms. The summed E-state index contributed by atoms with van der Waals surface area (Å²) in [6, 6.07) is 3.20. The maximum Gasteiger partial charge on any atom is 0.420 e. The van der Waals surface area contributed by atoms with E-state index in [1.807, 2.05) is 0 Å². The fraction of sp³-hybridized carbons (Fsp3) is 0.0909. The van der Waals surface area contributed by atoms with Gasteiger partial charge in [-0.3, -0.25) is 0 Å². The third-order valence-corrected chi connectivity index (χ3v) is 2.58. The Morgan fingerprint density at radius 3 is 2.53 bits per heavy atom. The molecule has 0 spiro atoms. The Morgan fingerprint density at radius 2 is 1.89 bits per heavy atom. The summed E-state index contributed by atoms with van der Waals surface area (Å²) in [5.41, 5.74) is 2.30. The molecule has 0 fully saturated rings. The first-order chi connectivity index (χ1) is 8.80. The van der Waals surface area contributed by atoms with Crippen LogP contribution in [0.15, 0.2) is 24.4 Å². The average molecular weight is 292 g/mol. The molecule has 0 unspecified atom stereocenters. The number of hydrogen-bond acceptors (Lipinski definition) is 3. The van der Waals surface area contributed by atoms with Crippen molar-refractivity contribution in [3.05, 3.63) is 40.8 Å². The molecule has 0 aliphatic carbocycles. The van der Waals surface area contributed by atoms with E-state index in [1.54, 1.807) is 0 Å². The highest BCUT2D eigenvalue weighted by Gasteiger charge is 2.38. The van der Waals surface area contributed by atoms with Crippen molar-refractivity contribution in [2.24, 2.45) is 0 Å². The third-order valence-electron chi connectivity index (χ3n) is 2.35. The highest BCUT2D eigenvalue weighted by Crippen LogP contribution is 2.40. The maximum absolute atomic E-state index is 13.6. The van der Waals surface area contributed by atoms with E-state index in [0.29, 0.717) is 0 Å². The Labute approximate surface area is 110 Å². The van der Waals surface area contributed by atoms with E-state index in [4.69, 9.17) is 17.3 Å². The van der Waals surface area contributed by atoms with Gasteiger partial charge in [0.05, 0.1) is 11.9 Å². The van der Waals surface area contributed by atoms with Crippen molar-refractivity contribution in [3.63, 3.8) is 0 Å². The molecule has 1 aromatic carbocycles. The van der Waals surface area contributed by atoms with Gasteiger partial charge in [-0.05, 0) is 18.2 Å². The second-order valence-electron chi connectivity index (χ2n) is 3.65. The number of hydrogen-bond donors (Lipinski definition) is 1. The lowest BCUT2D eigenvalue weighted by atomic mass is 10.0. The third kappa shape index (κ3) is 2.60. The van der Waals surface area contributed by atoms with Gasteiger partial charge in [-0.2, -0.15) is 18.3 Å². The van der Waals surface area contributed by atoms with Crippen LogP contribution in [0.3, 0.4) is 0 Å². The molecule has 0 radical (unpaired) electrons. The molecule has 0 saturated carbocycles. The molecule has 2 N–H and O–H groups in total. The lowest BCUT2D eigenvalue weighted by Crippen LogP contribution is -2.13. The lowest BCUT2D eigenvalue weighted by molar-refractivity contribution is -0.136. The number of nitrogen functional groups attached to an aromatic ring is 1. The second kappa shape index (κ2) is 4.65. The van der Waals surface area contributed by atoms with Crippen molar-refractivity contribution in [1.82, 2.24) is 10.2 Å². The van der Waals surface area contributed by atoms with E-state index in [1.165, 1.54) is 6.07 Å². The quantitative estimate of drug-likeness (QED) is 0.818. The Kier molecular flexibility index (Phi) is 3.32. The van der Waals surface area contributed by atoms with Gasteiger partial charge in [0.1, 0.15) is 17.1 Å². The molecule has 100 valence electrons. The number of anilines is 1. The number of rotatable bonds is 1. The molecule has 19 heavy (non-hydrogen) atoms. The summed E-state index contributed by atoms with van der Waals surface area (Å²) in [4.78, 5) is 0. The number of benzene rings is 1. The lowest BCUT2D eigenvalue weighted by Gasteiger charge is -2.14. The molecular weight excluding hydrogens is 286 g/mol. The van der Waals surface area contributed by atoms with Crippen molar-refractivity contribution in [1.29, 1.82) is 0 Å². The first-order valence-corrected chi connectivity index (χ1v) is 5.32. The molecule has 0 aliphatic rings. The Balaban J connectivity index is 2.76. The van der Waals surface area contributed by atoms with E-state index in [-0.39, 0.29) is 5.02 Å². The molecule has 2 rings (SSSR count). The molecule has 3 nitrogen and oxygen atoms in total. The second-order valence-corrected chi connectivity index (χ2v) is 4.08. The van der Waals surface area contributed by atoms with E-state index in [2.05, 4.69) is 10.2 Å². The minimum Gasteiger partial charge on any atom is -0.397 e. The van der Waals surface area contributed by atoms with Crippen LogP contribution in [0.2, 0.25) is 5.02 Å². The van der Waals surface area contributed by atoms with Crippen molar-refractivity contribution in [3.8, 4) is 11.3 Å². The Bertz CT molecular complexity index is 628. The fourth-order valence-corrected chi connectivity index (χ4v) is 1.74. The smallest absolute Gasteiger partial charge is 0.397 e. The topological polar surface area (TPSA) is 51.8 Å². The van der Waals surface area contributed by atoms with Gasteiger partial charge in [0.15, 0.2) is 0 Å². The summed E-state index contributed by atoms with van der Waals surface area (Å²) in [5.74, 6) is -0.894. The molecule has 0 saturated heterocycles. The zero-order valence-electron chi connectivity index (χ0n) is 9.17. The molecular formula is C11H6ClF4N3. The summed E-state index contributed by atoms with van der Waals surface area (Å²) < 4.78 is 52.4. The number of nitrogens with zero attached hydrogens (tertiary/aromatic N) is 2. The van der Waals surface area contributed by atoms with E-state index < -0.39 is 34.5 Å². The molecule has 0 atom stereocenters. The van der Waals surface area contributed by atoms with Crippen LogP contribution >= 0.6 is 11.6 Å². The van der Waals surface area contributed by atoms with Gasteiger partial charge in [-0.25, -0.2) is 4.39 Å². The highest BCUT2D eigenvalue weighted by atomic mass is 35.5. The summed E-state index contributed by atoms with van der Waals surface area (Å²) in [6.45, 7) is 0. The number of nitrogens with two attached hydrogens (primary N) is 1. The largest absolute Gasteiger partial charge is 0.420 e. The normalized spacial score (nSPS) is 11.6. The van der Waals surface area contributed by atoms with Crippen molar-refractivity contribution < 1.29 is 17.6 Å². The maximum atomic E-state index is 13.6. The van der Waals surface area contributed by atoms with Crippen LogP contribution in [0.25, 0.3) is 11.3 Å². The van der Waals surface area contributed by atoms with Gasteiger partial charge in [0.2, 0.25) is 0 Å². The summed E-state index contributed by atoms with van der Waals surface area (Å²) in [5, 5.41) is 6.73. The first kappa shape index (κ1) is 13.5. The number of halogens is 5. The molecule has 2 aromatic rings. The monoisotopic (exact) mass is 291 g/mol. The van der Waals surface area contributed by atoms with Gasteiger partial charge in [0.25, 0.3) is 0 Å². The Morgan fingerprint density at radius 1 is 1.21 bits per heavy atom. The standard InChI is InChI=1S/C11H6ClF4N3/c12-5-1-2-7(13)6(3-5)10-9(11(14,15)16)8(17)4-18-19-10/h1-4H,(H2,17,19). The Hall–Kier alpha value is -1.89. The van der Waals surface area contributed by atoms with Gasteiger partial charge in [-0.1, -0.05) is 11.6 Å². The molecule has 0 amide bonds. The minimum atomic E-state index is -4.77. The molecule has 1 aromatic heterocycles. The van der Waals surface area contributed by atoms with Crippen LogP contribution in [0, 0.1) is 5.82 Å². The van der Waals surface area contributed by atoms with E-state index in [0.717, 1.165) is 18.3 Å². The first-order valence-electron chi connectivity index (χ1n) is 4.94. The van der Waals surface area contributed by atoms with Gasteiger partial charge < -0.3 is 5.73 Å². The fourth-order valence-electron chi connectivity index (χ4n) is 1.57. The summed E-state index contributed by atoms with van der Waals surface area (Å²) in [7, 11) is 0. The number of alkyl halides is 3. The molecule has 0 bridgehead atoms. The zero-order valence-corrected chi connectivity index (χ0v) is 9.93. The zero-order chi connectivity index (χ0) is 14.2. The van der Waals surface area contributed by atoms with Gasteiger partial charge in [-0.15, -0.1) is 5.10 Å². The van der Waals surface area contributed by atoms with Crippen LogP contribution in [-0.4, -0.2) is 10.2 Å². The van der Waals surface area contributed by atoms with Gasteiger partial charge in [0, 0.05) is 10.6 Å². The number of aromatic nitrogens is 2. The predicted molar refractivity (Wildman–Crippen MR) is 61.9 cm³/mol. The summed E-state index contributed by atoms with van der Waals surface area (Å²) in [6.07, 6.45) is -4.01. The van der Waals surface area contributed by atoms with Crippen LogP contribution < -0.4 is 5.73 Å². The highest BCUT2D eigenvalue weighted by molar-refractivity contribution is 6.30. The predicted octanol–water partition coefficient (Wildman–Crippen LogP) is 3.54. The average Bonchev–Trinajstić information content (AvgIpc) is 2.30. The van der Waals surface area contributed by atoms with Crippen LogP contribution in [-0.2, 0) is 6.18 Å². The van der Waals surface area contributed by atoms with Crippen molar-refractivity contribution in [2.45, 2.75) is 6.18 Å². The van der Waals surface area contributed by atoms with Crippen molar-refractivity contribution >= 4 is 17.3 Å². The molecule has 1 heterocycles. The van der Waals surface area contributed by atoms with Crippen molar-refractivity contribution in [2.75, 3.05) is 5.73 Å². The van der Waals surface area contributed by atoms with Crippen LogP contribution in [0.5, 0.6) is 0 Å².